The number of Topliss-reactive ketones (excluding diaryl/α,β-unsaturated/α-hetero) is 1. The van der Waals surface area contributed by atoms with E-state index in [9.17, 15) is 9.90 Å². The van der Waals surface area contributed by atoms with Crippen LogP contribution in [0.3, 0.4) is 0 Å². The molecular formula is C18H23NO3. The Labute approximate surface area is 131 Å². The molecule has 0 heterocycles. The van der Waals surface area contributed by atoms with Crippen molar-refractivity contribution >= 4 is 11.5 Å². The average molecular weight is 301 g/mol. The molecule has 1 aliphatic rings. The van der Waals surface area contributed by atoms with Gasteiger partial charge in [0.2, 0.25) is 0 Å². The zero-order valence-corrected chi connectivity index (χ0v) is 13.2. The number of carbonyl (C=O) groups excluding carboxylic acids is 1. The van der Waals surface area contributed by atoms with Gasteiger partial charge in [0.15, 0.2) is 5.78 Å². The average Bonchev–Trinajstić information content (AvgIpc) is 2.44. The number of hydrogen-bond acceptors (Lipinski definition) is 4. The largest absolute Gasteiger partial charge is 0.511 e. The third kappa shape index (κ3) is 4.04. The molecule has 0 radical (unpaired) electrons. The van der Waals surface area contributed by atoms with E-state index in [-0.39, 0.29) is 30.1 Å². The highest BCUT2D eigenvalue weighted by molar-refractivity contribution is 6.24. The topological polar surface area (TPSA) is 69.9 Å². The van der Waals surface area contributed by atoms with E-state index >= 15 is 0 Å². The summed E-state index contributed by atoms with van der Waals surface area (Å²) in [4.78, 5) is 16.8. The van der Waals surface area contributed by atoms with E-state index in [1.807, 2.05) is 44.2 Å². The molecule has 0 saturated heterocycles. The minimum atomic E-state index is -0.165. The second-order valence-electron chi connectivity index (χ2n) is 6.48. The predicted molar refractivity (Wildman–Crippen MR) is 87.2 cm³/mol. The molecule has 0 unspecified atom stereocenters. The van der Waals surface area contributed by atoms with Crippen LogP contribution in [0.4, 0.5) is 0 Å². The van der Waals surface area contributed by atoms with Crippen LogP contribution in [-0.4, -0.2) is 34.9 Å². The first kappa shape index (κ1) is 16.4. The van der Waals surface area contributed by atoms with E-state index < -0.39 is 0 Å². The molecular weight excluding hydrogens is 278 g/mol. The van der Waals surface area contributed by atoms with Gasteiger partial charge in [-0.1, -0.05) is 44.2 Å². The van der Waals surface area contributed by atoms with Crippen LogP contribution >= 0.6 is 0 Å². The number of rotatable bonds is 4. The van der Waals surface area contributed by atoms with Gasteiger partial charge in [0.1, 0.15) is 5.76 Å². The Morgan fingerprint density at radius 3 is 2.55 bits per heavy atom. The lowest BCUT2D eigenvalue weighted by molar-refractivity contribution is -0.117. The van der Waals surface area contributed by atoms with Gasteiger partial charge in [-0.05, 0) is 17.4 Å². The van der Waals surface area contributed by atoms with Crippen LogP contribution in [0.5, 0.6) is 0 Å². The Morgan fingerprint density at radius 2 is 1.91 bits per heavy atom. The molecule has 2 rings (SSSR count). The molecule has 0 aliphatic heterocycles. The lowest BCUT2D eigenvalue weighted by Crippen LogP contribution is -2.33. The van der Waals surface area contributed by atoms with Crippen molar-refractivity contribution in [2.45, 2.75) is 33.1 Å². The minimum Gasteiger partial charge on any atom is -0.511 e. The first-order valence-corrected chi connectivity index (χ1v) is 7.57. The molecule has 0 atom stereocenters. The number of aliphatic hydroxyl groups excluding tert-OH is 2. The molecule has 1 aromatic rings. The Hall–Kier alpha value is -1.94. The van der Waals surface area contributed by atoms with Crippen molar-refractivity contribution < 1.29 is 15.0 Å². The summed E-state index contributed by atoms with van der Waals surface area (Å²) in [6.07, 6.45) is 1.35. The fourth-order valence-electron chi connectivity index (χ4n) is 2.81. The highest BCUT2D eigenvalue weighted by Gasteiger charge is 2.36. The monoisotopic (exact) mass is 301 g/mol. The van der Waals surface area contributed by atoms with Gasteiger partial charge in [-0.2, -0.15) is 0 Å². The van der Waals surface area contributed by atoms with Gasteiger partial charge in [-0.3, -0.25) is 9.79 Å². The van der Waals surface area contributed by atoms with Crippen molar-refractivity contribution in [2.75, 3.05) is 13.2 Å². The molecule has 4 heteroatoms. The van der Waals surface area contributed by atoms with Crippen LogP contribution in [0, 0.1) is 5.41 Å². The zero-order valence-electron chi connectivity index (χ0n) is 13.2. The summed E-state index contributed by atoms with van der Waals surface area (Å²) in [5.41, 5.74) is 1.74. The lowest BCUT2D eigenvalue weighted by Gasteiger charge is -2.31. The Kier molecular flexibility index (Phi) is 5.14. The van der Waals surface area contributed by atoms with Crippen molar-refractivity contribution in [2.24, 2.45) is 10.4 Å². The number of allylic oxidation sites excluding steroid dienone is 2. The first-order valence-electron chi connectivity index (χ1n) is 7.57. The van der Waals surface area contributed by atoms with Gasteiger partial charge in [0.25, 0.3) is 0 Å². The summed E-state index contributed by atoms with van der Waals surface area (Å²) in [5.74, 6) is 0.00441. The second kappa shape index (κ2) is 6.88. The van der Waals surface area contributed by atoms with Crippen molar-refractivity contribution in [3.63, 3.8) is 0 Å². The van der Waals surface area contributed by atoms with Gasteiger partial charge in [-0.25, -0.2) is 0 Å². The van der Waals surface area contributed by atoms with Crippen molar-refractivity contribution in [1.82, 2.24) is 0 Å². The molecule has 1 aliphatic carbocycles. The third-order valence-corrected chi connectivity index (χ3v) is 3.76. The Balaban J connectivity index is 2.35. The highest BCUT2D eigenvalue weighted by Crippen LogP contribution is 2.35. The van der Waals surface area contributed by atoms with E-state index in [1.54, 1.807) is 0 Å². The summed E-state index contributed by atoms with van der Waals surface area (Å²) in [7, 11) is 0. The van der Waals surface area contributed by atoms with Gasteiger partial charge < -0.3 is 10.2 Å². The van der Waals surface area contributed by atoms with Crippen LogP contribution in [-0.2, 0) is 11.2 Å². The molecule has 0 spiro atoms. The van der Waals surface area contributed by atoms with E-state index in [1.165, 1.54) is 0 Å². The number of nitrogens with zero attached hydrogens (tertiary/aromatic N) is 1. The Morgan fingerprint density at radius 1 is 1.23 bits per heavy atom. The fourth-order valence-corrected chi connectivity index (χ4v) is 2.81. The summed E-state index contributed by atoms with van der Waals surface area (Å²) in [5, 5.41) is 19.4. The molecule has 0 aromatic heterocycles. The molecule has 0 amide bonds. The summed E-state index contributed by atoms with van der Waals surface area (Å²) >= 11 is 0. The van der Waals surface area contributed by atoms with Gasteiger partial charge >= 0.3 is 0 Å². The third-order valence-electron chi connectivity index (χ3n) is 3.76. The fraction of sp³-hybridized carbons (Fsp3) is 0.444. The SMILES string of the molecule is CC1(C)CC(=O)C(=C(O)Cc2ccccc2)C(=NCCO)C1. The second-order valence-corrected chi connectivity index (χ2v) is 6.48. The van der Waals surface area contributed by atoms with Gasteiger partial charge in [0.05, 0.1) is 18.7 Å². The Bertz CT molecular complexity index is 600. The first-order chi connectivity index (χ1) is 10.4. The van der Waals surface area contributed by atoms with Crippen LogP contribution in [0.1, 0.15) is 32.3 Å². The van der Waals surface area contributed by atoms with Crippen molar-refractivity contribution in [3.05, 3.63) is 47.2 Å². The zero-order chi connectivity index (χ0) is 16.2. The smallest absolute Gasteiger partial charge is 0.168 e. The van der Waals surface area contributed by atoms with Crippen LogP contribution in [0.15, 0.2) is 46.7 Å². The maximum atomic E-state index is 12.5. The molecule has 1 aromatic carbocycles. The molecule has 22 heavy (non-hydrogen) atoms. The summed E-state index contributed by atoms with van der Waals surface area (Å²) in [6, 6.07) is 9.55. The number of ketones is 1. The number of benzene rings is 1. The van der Waals surface area contributed by atoms with Crippen LogP contribution in [0.25, 0.3) is 0 Å². The highest BCUT2D eigenvalue weighted by atomic mass is 16.3. The predicted octanol–water partition coefficient (Wildman–Crippen LogP) is 2.86. The van der Waals surface area contributed by atoms with Crippen molar-refractivity contribution in [1.29, 1.82) is 0 Å². The molecule has 118 valence electrons. The minimum absolute atomic E-state index is 0.0646. The number of hydrogen-bond donors (Lipinski definition) is 2. The molecule has 2 N–H and O–H groups in total. The van der Waals surface area contributed by atoms with E-state index in [2.05, 4.69) is 4.99 Å². The lowest BCUT2D eigenvalue weighted by atomic mass is 9.73. The quantitative estimate of drug-likeness (QED) is 0.663. The molecule has 4 nitrogen and oxygen atoms in total. The van der Waals surface area contributed by atoms with E-state index in [4.69, 9.17) is 5.11 Å². The van der Waals surface area contributed by atoms with E-state index in [0.29, 0.717) is 30.5 Å². The maximum absolute atomic E-state index is 12.5. The van der Waals surface area contributed by atoms with Gasteiger partial charge in [0, 0.05) is 18.6 Å². The van der Waals surface area contributed by atoms with Crippen LogP contribution < -0.4 is 0 Å². The van der Waals surface area contributed by atoms with Crippen molar-refractivity contribution in [3.8, 4) is 0 Å². The van der Waals surface area contributed by atoms with E-state index in [0.717, 1.165) is 5.56 Å². The standard InChI is InChI=1S/C18H23NO3/c1-18(2)11-14(19-8-9-20)17(16(22)12-18)15(21)10-13-6-4-3-5-7-13/h3-7,20-21H,8-12H2,1-2H3. The summed E-state index contributed by atoms with van der Waals surface area (Å²) in [6.45, 7) is 4.22. The summed E-state index contributed by atoms with van der Waals surface area (Å²) < 4.78 is 0. The maximum Gasteiger partial charge on any atom is 0.168 e. The number of aliphatic imine (C=N–C) groups is 1. The normalized spacial score (nSPS) is 22.0. The molecule has 1 saturated carbocycles. The van der Waals surface area contributed by atoms with Gasteiger partial charge in [-0.15, -0.1) is 0 Å². The number of aliphatic hydroxyl groups is 2. The molecule has 1 fully saturated rings. The van der Waals surface area contributed by atoms with Crippen LogP contribution in [0.2, 0.25) is 0 Å². The number of carbonyl (C=O) groups is 1. The molecule has 0 bridgehead atoms.